The number of hydrogen-bond acceptors (Lipinski definition) is 3. The summed E-state index contributed by atoms with van der Waals surface area (Å²) < 4.78 is 5.38. The van der Waals surface area contributed by atoms with Crippen molar-refractivity contribution in [2.24, 2.45) is 5.73 Å². The summed E-state index contributed by atoms with van der Waals surface area (Å²) in [5.74, 6) is 0. The predicted octanol–water partition coefficient (Wildman–Crippen LogP) is 0.750. The largest absolute Gasteiger partial charge is 0.348 e. The van der Waals surface area contributed by atoms with E-state index >= 15 is 0 Å². The van der Waals surface area contributed by atoms with Crippen LogP contribution in [0.25, 0.3) is 0 Å². The molecule has 0 bridgehead atoms. The zero-order chi connectivity index (χ0) is 8.27. The molecule has 1 heterocycles. The molecule has 1 fully saturated rings. The Morgan fingerprint density at radius 1 is 1.64 bits per heavy atom. The van der Waals surface area contributed by atoms with Gasteiger partial charge < -0.3 is 10.5 Å². The summed E-state index contributed by atoms with van der Waals surface area (Å²) in [6.45, 7) is 5.88. The summed E-state index contributed by atoms with van der Waals surface area (Å²) in [7, 11) is 0. The topological polar surface area (TPSA) is 38.5 Å². The minimum Gasteiger partial charge on any atom is -0.348 e. The van der Waals surface area contributed by atoms with Gasteiger partial charge in [0.15, 0.2) is 0 Å². The minimum atomic E-state index is 0.278. The van der Waals surface area contributed by atoms with E-state index in [1.165, 1.54) is 6.42 Å². The molecular weight excluding hydrogens is 140 g/mol. The number of likely N-dealkylation sites (tertiary alicyclic amines) is 1. The fraction of sp³-hybridized carbons (Fsp3) is 1.00. The molecule has 66 valence electrons. The first-order valence-electron chi connectivity index (χ1n) is 4.33. The van der Waals surface area contributed by atoms with E-state index in [1.54, 1.807) is 0 Å². The fourth-order valence-corrected chi connectivity index (χ4v) is 1.64. The fourth-order valence-electron chi connectivity index (χ4n) is 1.64. The summed E-state index contributed by atoms with van der Waals surface area (Å²) in [5, 5.41) is 0. The second-order valence-corrected chi connectivity index (χ2v) is 3.26. The Balaban J connectivity index is 2.37. The third kappa shape index (κ3) is 2.15. The highest BCUT2D eigenvalue weighted by Gasteiger charge is 2.26. The van der Waals surface area contributed by atoms with Gasteiger partial charge in [0.25, 0.3) is 0 Å². The molecule has 1 saturated heterocycles. The predicted molar refractivity (Wildman–Crippen MR) is 45.0 cm³/mol. The highest BCUT2D eigenvalue weighted by Crippen LogP contribution is 2.19. The number of hydrogen-bond donors (Lipinski definition) is 1. The van der Waals surface area contributed by atoms with Crippen LogP contribution in [0.3, 0.4) is 0 Å². The lowest BCUT2D eigenvalue weighted by Crippen LogP contribution is -2.38. The molecule has 3 heteroatoms. The Kier molecular flexibility index (Phi) is 3.30. The van der Waals surface area contributed by atoms with E-state index in [4.69, 9.17) is 10.5 Å². The average Bonchev–Trinajstić information content (AvgIpc) is 2.36. The van der Waals surface area contributed by atoms with Crippen LogP contribution in [0.5, 0.6) is 0 Å². The summed E-state index contributed by atoms with van der Waals surface area (Å²) >= 11 is 0. The van der Waals surface area contributed by atoms with E-state index in [0.29, 0.717) is 12.8 Å². The van der Waals surface area contributed by atoms with Crippen molar-refractivity contribution in [2.75, 3.05) is 13.3 Å². The molecule has 1 aliphatic rings. The van der Waals surface area contributed by atoms with Gasteiger partial charge in [-0.05, 0) is 26.7 Å². The second kappa shape index (κ2) is 4.04. The van der Waals surface area contributed by atoms with E-state index < -0.39 is 0 Å². The highest BCUT2D eigenvalue weighted by molar-refractivity contribution is 4.74. The smallest absolute Gasteiger partial charge is 0.112 e. The number of ether oxygens (including phenoxy) is 1. The Morgan fingerprint density at radius 2 is 2.36 bits per heavy atom. The van der Waals surface area contributed by atoms with Crippen molar-refractivity contribution < 1.29 is 4.74 Å². The normalized spacial score (nSPS) is 26.7. The molecule has 0 aromatic carbocycles. The van der Waals surface area contributed by atoms with Gasteiger partial charge >= 0.3 is 0 Å². The summed E-state index contributed by atoms with van der Waals surface area (Å²) in [4.78, 5) is 2.35. The summed E-state index contributed by atoms with van der Waals surface area (Å²) in [5.41, 5.74) is 5.32. The zero-order valence-electron chi connectivity index (χ0n) is 7.42. The molecule has 1 rings (SSSR count). The molecular formula is C8H18N2O. The molecule has 11 heavy (non-hydrogen) atoms. The average molecular weight is 158 g/mol. The van der Waals surface area contributed by atoms with Crippen LogP contribution in [-0.2, 0) is 4.74 Å². The number of nitrogens with two attached hydrogens (primary N) is 1. The maximum absolute atomic E-state index is 5.38. The van der Waals surface area contributed by atoms with Crippen LogP contribution in [0.4, 0.5) is 0 Å². The first kappa shape index (κ1) is 8.97. The van der Waals surface area contributed by atoms with Crippen molar-refractivity contribution >= 4 is 0 Å². The maximum Gasteiger partial charge on any atom is 0.112 e. The SMILES string of the molecule is CC(C)N1CCC[C@@H]1OCN. The van der Waals surface area contributed by atoms with Crippen LogP contribution in [0.2, 0.25) is 0 Å². The molecule has 0 aliphatic carbocycles. The molecule has 2 N–H and O–H groups in total. The van der Waals surface area contributed by atoms with Crippen molar-refractivity contribution in [3.8, 4) is 0 Å². The molecule has 0 aromatic heterocycles. The van der Waals surface area contributed by atoms with Crippen LogP contribution in [-0.4, -0.2) is 30.4 Å². The van der Waals surface area contributed by atoms with Gasteiger partial charge in [0, 0.05) is 12.6 Å². The third-order valence-electron chi connectivity index (χ3n) is 2.19. The van der Waals surface area contributed by atoms with Crippen LogP contribution < -0.4 is 5.73 Å². The van der Waals surface area contributed by atoms with Crippen molar-refractivity contribution in [2.45, 2.75) is 39.0 Å². The molecule has 0 radical (unpaired) electrons. The lowest BCUT2D eigenvalue weighted by atomic mass is 10.3. The Hall–Kier alpha value is -0.120. The van der Waals surface area contributed by atoms with Gasteiger partial charge in [0.2, 0.25) is 0 Å². The molecule has 0 aromatic rings. The van der Waals surface area contributed by atoms with Gasteiger partial charge in [-0.1, -0.05) is 0 Å². The number of rotatable bonds is 3. The standard InChI is InChI=1S/C8H18N2O/c1-7(2)10-5-3-4-8(10)11-6-9/h7-8H,3-6,9H2,1-2H3/t8-/m0/s1. The van der Waals surface area contributed by atoms with Crippen molar-refractivity contribution in [3.05, 3.63) is 0 Å². The minimum absolute atomic E-state index is 0.278. The van der Waals surface area contributed by atoms with Crippen molar-refractivity contribution in [1.82, 2.24) is 4.90 Å². The van der Waals surface area contributed by atoms with Crippen molar-refractivity contribution in [3.63, 3.8) is 0 Å². The first-order valence-corrected chi connectivity index (χ1v) is 4.33. The molecule has 1 aliphatic heterocycles. The van der Waals surface area contributed by atoms with E-state index in [2.05, 4.69) is 18.7 Å². The van der Waals surface area contributed by atoms with Gasteiger partial charge in [0.05, 0.1) is 6.73 Å². The van der Waals surface area contributed by atoms with E-state index in [1.807, 2.05) is 0 Å². The Bertz CT molecular complexity index is 117. The molecule has 0 unspecified atom stereocenters. The Morgan fingerprint density at radius 3 is 2.91 bits per heavy atom. The van der Waals surface area contributed by atoms with Crippen LogP contribution >= 0.6 is 0 Å². The molecule has 1 atom stereocenters. The summed E-state index contributed by atoms with van der Waals surface area (Å²) in [6.07, 6.45) is 2.65. The molecule has 0 spiro atoms. The number of nitrogens with zero attached hydrogens (tertiary/aromatic N) is 1. The van der Waals surface area contributed by atoms with E-state index in [9.17, 15) is 0 Å². The van der Waals surface area contributed by atoms with Crippen molar-refractivity contribution in [1.29, 1.82) is 0 Å². The summed E-state index contributed by atoms with van der Waals surface area (Å²) in [6, 6.07) is 0.578. The van der Waals surface area contributed by atoms with E-state index in [-0.39, 0.29) is 6.23 Å². The van der Waals surface area contributed by atoms with E-state index in [0.717, 1.165) is 13.0 Å². The van der Waals surface area contributed by atoms with Gasteiger partial charge in [-0.25, -0.2) is 0 Å². The van der Waals surface area contributed by atoms with Gasteiger partial charge in [-0.2, -0.15) is 0 Å². The van der Waals surface area contributed by atoms with Crippen LogP contribution in [0.15, 0.2) is 0 Å². The lowest BCUT2D eigenvalue weighted by Gasteiger charge is -2.27. The zero-order valence-corrected chi connectivity index (χ0v) is 7.42. The van der Waals surface area contributed by atoms with Crippen LogP contribution in [0.1, 0.15) is 26.7 Å². The van der Waals surface area contributed by atoms with Gasteiger partial charge in [-0.3, -0.25) is 4.90 Å². The third-order valence-corrected chi connectivity index (χ3v) is 2.19. The second-order valence-electron chi connectivity index (χ2n) is 3.26. The quantitative estimate of drug-likeness (QED) is 0.616. The lowest BCUT2D eigenvalue weighted by molar-refractivity contribution is -0.0455. The maximum atomic E-state index is 5.38. The molecule has 3 nitrogen and oxygen atoms in total. The highest BCUT2D eigenvalue weighted by atomic mass is 16.5. The monoisotopic (exact) mass is 158 g/mol. The van der Waals surface area contributed by atoms with Gasteiger partial charge in [-0.15, -0.1) is 0 Å². The molecule has 0 saturated carbocycles. The van der Waals surface area contributed by atoms with Crippen LogP contribution in [0, 0.1) is 0 Å². The molecule has 0 amide bonds. The Labute approximate surface area is 68.5 Å². The van der Waals surface area contributed by atoms with Gasteiger partial charge in [0.1, 0.15) is 6.23 Å². The first-order chi connectivity index (χ1) is 5.25.